The first-order chi connectivity index (χ1) is 10.6. The first-order valence-corrected chi connectivity index (χ1v) is 8.92. The van der Waals surface area contributed by atoms with E-state index in [4.69, 9.17) is 4.42 Å². The van der Waals surface area contributed by atoms with E-state index in [2.05, 4.69) is 4.72 Å². The molecule has 2 rings (SSSR count). The maximum Gasteiger partial charge on any atom is 0.240 e. The van der Waals surface area contributed by atoms with Crippen LogP contribution in [-0.4, -0.2) is 20.1 Å². The van der Waals surface area contributed by atoms with Gasteiger partial charge in [0.05, 0.1) is 11.2 Å². The fraction of sp³-hybridized carbons (Fsp3) is 0.412. The van der Waals surface area contributed by atoms with E-state index in [1.165, 1.54) is 6.26 Å². The average Bonchev–Trinajstić information content (AvgIpc) is 2.98. The number of hydrogen-bond acceptors (Lipinski definition) is 4. The van der Waals surface area contributed by atoms with E-state index in [1.807, 2.05) is 26.8 Å². The lowest BCUT2D eigenvalue weighted by Crippen LogP contribution is -2.29. The Morgan fingerprint density at radius 2 is 1.96 bits per heavy atom. The van der Waals surface area contributed by atoms with Crippen molar-refractivity contribution in [1.29, 1.82) is 0 Å². The van der Waals surface area contributed by atoms with Gasteiger partial charge in [0.15, 0.2) is 0 Å². The molecule has 126 valence electrons. The number of sulfonamides is 1. The van der Waals surface area contributed by atoms with Crippen LogP contribution in [0.1, 0.15) is 43.8 Å². The van der Waals surface area contributed by atoms with E-state index in [0.29, 0.717) is 11.3 Å². The zero-order valence-electron chi connectivity index (χ0n) is 13.8. The highest BCUT2D eigenvalue weighted by Crippen LogP contribution is 2.26. The van der Waals surface area contributed by atoms with Crippen LogP contribution in [0.2, 0.25) is 0 Å². The average molecular weight is 337 g/mol. The van der Waals surface area contributed by atoms with Gasteiger partial charge in [0, 0.05) is 6.54 Å². The highest BCUT2D eigenvalue weighted by Gasteiger charge is 2.22. The highest BCUT2D eigenvalue weighted by atomic mass is 32.2. The van der Waals surface area contributed by atoms with Gasteiger partial charge in [-0.25, -0.2) is 13.1 Å². The third-order valence-corrected chi connectivity index (χ3v) is 5.25. The molecule has 23 heavy (non-hydrogen) atoms. The molecule has 0 aliphatic carbocycles. The zero-order chi connectivity index (χ0) is 17.3. The maximum atomic E-state index is 12.6. The lowest BCUT2D eigenvalue weighted by molar-refractivity contribution is 0.154. The lowest BCUT2D eigenvalue weighted by atomic mass is 9.87. The molecule has 0 spiro atoms. The molecule has 2 aromatic rings. The van der Waals surface area contributed by atoms with Gasteiger partial charge in [0.1, 0.15) is 11.9 Å². The predicted molar refractivity (Wildman–Crippen MR) is 88.7 cm³/mol. The molecule has 2 N–H and O–H groups in total. The SMILES string of the molecule is Cc1ccc(C(C)(C)C)cc1S(=O)(=O)NCC(O)c1ccco1. The third-order valence-electron chi connectivity index (χ3n) is 3.68. The Balaban J connectivity index is 2.22. The molecule has 0 amide bonds. The third kappa shape index (κ3) is 4.22. The van der Waals surface area contributed by atoms with Gasteiger partial charge < -0.3 is 9.52 Å². The molecule has 1 unspecified atom stereocenters. The molecule has 0 fully saturated rings. The fourth-order valence-corrected chi connectivity index (χ4v) is 3.51. The molecule has 1 aromatic carbocycles. The number of aryl methyl sites for hydroxylation is 1. The molecular weight excluding hydrogens is 314 g/mol. The Bertz CT molecular complexity index is 758. The van der Waals surface area contributed by atoms with Crippen molar-refractivity contribution in [2.45, 2.75) is 44.1 Å². The Kier molecular flexibility index (Phi) is 4.98. The van der Waals surface area contributed by atoms with E-state index in [-0.39, 0.29) is 16.9 Å². The monoisotopic (exact) mass is 337 g/mol. The Hall–Kier alpha value is -1.63. The van der Waals surface area contributed by atoms with Crippen LogP contribution in [0.25, 0.3) is 0 Å². The quantitative estimate of drug-likeness (QED) is 0.879. The summed E-state index contributed by atoms with van der Waals surface area (Å²) in [5.41, 5.74) is 1.46. The number of aliphatic hydroxyl groups is 1. The minimum atomic E-state index is -3.71. The van der Waals surface area contributed by atoms with Crippen molar-refractivity contribution in [1.82, 2.24) is 4.72 Å². The van der Waals surface area contributed by atoms with Gasteiger partial charge in [-0.2, -0.15) is 0 Å². The number of hydrogen-bond donors (Lipinski definition) is 2. The van der Waals surface area contributed by atoms with Crippen LogP contribution in [0.3, 0.4) is 0 Å². The van der Waals surface area contributed by atoms with Crippen molar-refractivity contribution in [3.63, 3.8) is 0 Å². The van der Waals surface area contributed by atoms with Crippen LogP contribution in [0.15, 0.2) is 45.9 Å². The van der Waals surface area contributed by atoms with Crippen LogP contribution in [0.4, 0.5) is 0 Å². The van der Waals surface area contributed by atoms with Crippen molar-refractivity contribution in [3.05, 3.63) is 53.5 Å². The standard InChI is InChI=1S/C17H23NO4S/c1-12-7-8-13(17(2,3)4)10-16(12)23(20,21)18-11-14(19)15-6-5-9-22-15/h5-10,14,18-19H,11H2,1-4H3. The summed E-state index contributed by atoms with van der Waals surface area (Å²) in [5.74, 6) is 0.327. The molecule has 1 heterocycles. The van der Waals surface area contributed by atoms with E-state index < -0.39 is 16.1 Å². The van der Waals surface area contributed by atoms with E-state index in [1.54, 1.807) is 31.2 Å². The smallest absolute Gasteiger partial charge is 0.240 e. The van der Waals surface area contributed by atoms with Gasteiger partial charge in [0.2, 0.25) is 10.0 Å². The van der Waals surface area contributed by atoms with Gasteiger partial charge in [0.25, 0.3) is 0 Å². The summed E-state index contributed by atoms with van der Waals surface area (Å²) in [4.78, 5) is 0.233. The number of nitrogens with one attached hydrogen (secondary N) is 1. The topological polar surface area (TPSA) is 79.5 Å². The number of benzene rings is 1. The van der Waals surface area contributed by atoms with E-state index in [0.717, 1.165) is 5.56 Å². The van der Waals surface area contributed by atoms with Crippen molar-refractivity contribution < 1.29 is 17.9 Å². The molecule has 0 saturated carbocycles. The maximum absolute atomic E-state index is 12.6. The second-order valence-electron chi connectivity index (χ2n) is 6.61. The summed E-state index contributed by atoms with van der Waals surface area (Å²) < 4.78 is 32.6. The molecule has 1 atom stereocenters. The Morgan fingerprint density at radius 3 is 2.52 bits per heavy atom. The molecule has 0 aliphatic heterocycles. The van der Waals surface area contributed by atoms with Crippen LogP contribution in [0, 0.1) is 6.92 Å². The molecular formula is C17H23NO4S. The van der Waals surface area contributed by atoms with Gasteiger partial charge in [-0.15, -0.1) is 0 Å². The van der Waals surface area contributed by atoms with Crippen LogP contribution < -0.4 is 4.72 Å². The summed E-state index contributed by atoms with van der Waals surface area (Å²) in [5, 5.41) is 9.95. The van der Waals surface area contributed by atoms with E-state index in [9.17, 15) is 13.5 Å². The summed E-state index contributed by atoms with van der Waals surface area (Å²) >= 11 is 0. The largest absolute Gasteiger partial charge is 0.467 e. The van der Waals surface area contributed by atoms with Gasteiger partial charge >= 0.3 is 0 Å². The van der Waals surface area contributed by atoms with E-state index >= 15 is 0 Å². The van der Waals surface area contributed by atoms with Gasteiger partial charge in [-0.05, 0) is 41.7 Å². The van der Waals surface area contributed by atoms with Crippen molar-refractivity contribution in [2.24, 2.45) is 0 Å². The second kappa shape index (κ2) is 6.47. The van der Waals surface area contributed by atoms with Crippen molar-refractivity contribution in [2.75, 3.05) is 6.54 Å². The molecule has 0 bridgehead atoms. The lowest BCUT2D eigenvalue weighted by Gasteiger charge is -2.21. The molecule has 5 nitrogen and oxygen atoms in total. The zero-order valence-corrected chi connectivity index (χ0v) is 14.6. The normalized spacial score (nSPS) is 14.0. The molecule has 1 aromatic heterocycles. The van der Waals surface area contributed by atoms with Crippen molar-refractivity contribution >= 4 is 10.0 Å². The number of furan rings is 1. The first kappa shape index (κ1) is 17.7. The molecule has 0 radical (unpaired) electrons. The van der Waals surface area contributed by atoms with Crippen molar-refractivity contribution in [3.8, 4) is 0 Å². The summed E-state index contributed by atoms with van der Waals surface area (Å²) in [6.07, 6.45) is 0.412. The summed E-state index contributed by atoms with van der Waals surface area (Å²) in [6.45, 7) is 7.70. The number of rotatable bonds is 5. The van der Waals surface area contributed by atoms with Crippen LogP contribution >= 0.6 is 0 Å². The summed E-state index contributed by atoms with van der Waals surface area (Å²) in [7, 11) is -3.71. The molecule has 0 saturated heterocycles. The summed E-state index contributed by atoms with van der Waals surface area (Å²) in [6, 6.07) is 8.68. The predicted octanol–water partition coefficient (Wildman–Crippen LogP) is 2.90. The van der Waals surface area contributed by atoms with Gasteiger partial charge in [-0.1, -0.05) is 32.9 Å². The second-order valence-corrected chi connectivity index (χ2v) is 8.35. The highest BCUT2D eigenvalue weighted by molar-refractivity contribution is 7.89. The fourth-order valence-electron chi connectivity index (χ4n) is 2.20. The Labute approximate surface area is 137 Å². The van der Waals surface area contributed by atoms with Crippen LogP contribution in [-0.2, 0) is 15.4 Å². The molecule has 6 heteroatoms. The Morgan fingerprint density at radius 1 is 1.26 bits per heavy atom. The number of aliphatic hydroxyl groups excluding tert-OH is 1. The first-order valence-electron chi connectivity index (χ1n) is 7.43. The van der Waals surface area contributed by atoms with Gasteiger partial charge in [-0.3, -0.25) is 0 Å². The molecule has 0 aliphatic rings. The minimum Gasteiger partial charge on any atom is -0.467 e. The minimum absolute atomic E-state index is 0.144. The van der Waals surface area contributed by atoms with Crippen LogP contribution in [0.5, 0.6) is 0 Å².